The van der Waals surface area contributed by atoms with E-state index in [-0.39, 0.29) is 0 Å². The highest BCUT2D eigenvalue weighted by molar-refractivity contribution is 6.23. The molecule has 0 atom stereocenters. The molecule has 0 aliphatic heterocycles. The van der Waals surface area contributed by atoms with Crippen molar-refractivity contribution in [1.29, 1.82) is 0 Å². The third kappa shape index (κ3) is 2.15. The molecule has 0 bridgehead atoms. The number of aryl methyl sites for hydroxylation is 1. The first-order valence-corrected chi connectivity index (χ1v) is 3.86. The summed E-state index contributed by atoms with van der Waals surface area (Å²) in [6.45, 7) is 5.75. The van der Waals surface area contributed by atoms with Crippen molar-refractivity contribution < 1.29 is 0 Å². The van der Waals surface area contributed by atoms with Gasteiger partial charge in [0, 0.05) is 5.69 Å². The number of rotatable bonds is 1. The summed E-state index contributed by atoms with van der Waals surface area (Å²) in [6.07, 6.45) is 1.54. The van der Waals surface area contributed by atoms with Gasteiger partial charge in [0.05, 0.1) is 10.6 Å². The molecule has 3 heteroatoms. The van der Waals surface area contributed by atoms with E-state index < -0.39 is 4.87 Å². The molecule has 0 aliphatic carbocycles. The van der Waals surface area contributed by atoms with Gasteiger partial charge in [0.25, 0.3) is 0 Å². The van der Waals surface area contributed by atoms with E-state index in [1.54, 1.807) is 0 Å². The second-order valence-electron chi connectivity index (χ2n) is 3.02. The molecule has 0 aliphatic rings. The smallest absolute Gasteiger partial charge is 0.115 e. The van der Waals surface area contributed by atoms with Crippen molar-refractivity contribution in [2.45, 2.75) is 25.6 Å². The molecule has 1 heterocycles. The van der Waals surface area contributed by atoms with Crippen LogP contribution in [-0.4, -0.2) is 9.97 Å². The van der Waals surface area contributed by atoms with Crippen LogP contribution in [0.1, 0.15) is 25.2 Å². The van der Waals surface area contributed by atoms with Crippen LogP contribution < -0.4 is 0 Å². The average molecular weight is 171 g/mol. The Bertz CT molecular complexity index is 253. The number of halogens is 1. The van der Waals surface area contributed by atoms with E-state index in [0.717, 1.165) is 11.4 Å². The Kier molecular flexibility index (Phi) is 2.14. The minimum absolute atomic E-state index is 0.395. The highest BCUT2D eigenvalue weighted by Crippen LogP contribution is 2.25. The van der Waals surface area contributed by atoms with Crippen molar-refractivity contribution in [3.05, 3.63) is 23.8 Å². The normalized spacial score (nSPS) is 11.6. The topological polar surface area (TPSA) is 25.8 Å². The van der Waals surface area contributed by atoms with E-state index in [1.165, 1.54) is 6.33 Å². The van der Waals surface area contributed by atoms with E-state index >= 15 is 0 Å². The molecular weight excluding hydrogens is 160 g/mol. The van der Waals surface area contributed by atoms with Crippen LogP contribution in [0.3, 0.4) is 0 Å². The van der Waals surface area contributed by atoms with Crippen LogP contribution in [0.5, 0.6) is 0 Å². The maximum absolute atomic E-state index is 6.04. The van der Waals surface area contributed by atoms with Gasteiger partial charge in [-0.05, 0) is 26.8 Å². The predicted molar refractivity (Wildman–Crippen MR) is 45.6 cm³/mol. The Morgan fingerprint density at radius 3 is 2.36 bits per heavy atom. The Balaban J connectivity index is 3.06. The molecule has 1 aromatic rings. The lowest BCUT2D eigenvalue weighted by Gasteiger charge is -2.14. The van der Waals surface area contributed by atoms with Gasteiger partial charge in [0.1, 0.15) is 6.33 Å². The van der Waals surface area contributed by atoms with Crippen LogP contribution >= 0.6 is 11.6 Å². The molecule has 60 valence electrons. The molecule has 0 spiro atoms. The molecule has 0 amide bonds. The summed E-state index contributed by atoms with van der Waals surface area (Å²) in [5.74, 6) is 0. The highest BCUT2D eigenvalue weighted by Gasteiger charge is 2.17. The Labute approximate surface area is 71.6 Å². The van der Waals surface area contributed by atoms with E-state index in [2.05, 4.69) is 9.97 Å². The molecule has 0 aromatic carbocycles. The first-order valence-electron chi connectivity index (χ1n) is 3.48. The Hall–Kier alpha value is -0.630. The fraction of sp³-hybridized carbons (Fsp3) is 0.500. The summed E-state index contributed by atoms with van der Waals surface area (Å²) in [5.41, 5.74) is 1.82. The van der Waals surface area contributed by atoms with Crippen LogP contribution in [0.4, 0.5) is 0 Å². The molecule has 0 N–H and O–H groups in total. The highest BCUT2D eigenvalue weighted by atomic mass is 35.5. The molecule has 0 fully saturated rings. The second kappa shape index (κ2) is 2.78. The first-order chi connectivity index (χ1) is 5.00. The SMILES string of the molecule is Cc1cc(C(C)(C)Cl)ncn1. The number of hydrogen-bond acceptors (Lipinski definition) is 2. The molecule has 1 rings (SSSR count). The van der Waals surface area contributed by atoms with Crippen LogP contribution in [0.15, 0.2) is 12.4 Å². The van der Waals surface area contributed by atoms with Gasteiger partial charge in [-0.2, -0.15) is 0 Å². The van der Waals surface area contributed by atoms with Crippen LogP contribution in [0.25, 0.3) is 0 Å². The van der Waals surface area contributed by atoms with Crippen molar-refractivity contribution in [3.63, 3.8) is 0 Å². The van der Waals surface area contributed by atoms with Gasteiger partial charge in [0.15, 0.2) is 0 Å². The summed E-state index contributed by atoms with van der Waals surface area (Å²) < 4.78 is 0. The summed E-state index contributed by atoms with van der Waals surface area (Å²) in [7, 11) is 0. The minimum Gasteiger partial charge on any atom is -0.242 e. The fourth-order valence-electron chi connectivity index (χ4n) is 0.780. The van der Waals surface area contributed by atoms with Gasteiger partial charge in [0.2, 0.25) is 0 Å². The van der Waals surface area contributed by atoms with Crippen molar-refractivity contribution in [2.75, 3.05) is 0 Å². The van der Waals surface area contributed by atoms with Crippen molar-refractivity contribution in [3.8, 4) is 0 Å². The third-order valence-corrected chi connectivity index (χ3v) is 1.61. The molecule has 0 radical (unpaired) electrons. The van der Waals surface area contributed by atoms with E-state index in [4.69, 9.17) is 11.6 Å². The second-order valence-corrected chi connectivity index (χ2v) is 3.96. The van der Waals surface area contributed by atoms with E-state index in [9.17, 15) is 0 Å². The van der Waals surface area contributed by atoms with Gasteiger partial charge in [-0.25, -0.2) is 9.97 Å². The van der Waals surface area contributed by atoms with Crippen LogP contribution in [0.2, 0.25) is 0 Å². The number of hydrogen-bond donors (Lipinski definition) is 0. The van der Waals surface area contributed by atoms with Gasteiger partial charge in [-0.15, -0.1) is 11.6 Å². The number of nitrogens with zero attached hydrogens (tertiary/aromatic N) is 2. The van der Waals surface area contributed by atoms with E-state index in [1.807, 2.05) is 26.8 Å². The average Bonchev–Trinajstić information content (AvgIpc) is 1.86. The lowest BCUT2D eigenvalue weighted by atomic mass is 10.1. The number of aromatic nitrogens is 2. The molecule has 0 saturated heterocycles. The zero-order valence-corrected chi connectivity index (χ0v) is 7.68. The largest absolute Gasteiger partial charge is 0.242 e. The maximum Gasteiger partial charge on any atom is 0.115 e. The van der Waals surface area contributed by atoms with Gasteiger partial charge >= 0.3 is 0 Å². The monoisotopic (exact) mass is 170 g/mol. The zero-order valence-electron chi connectivity index (χ0n) is 6.93. The zero-order chi connectivity index (χ0) is 8.48. The molecule has 1 aromatic heterocycles. The summed E-state index contributed by atoms with van der Waals surface area (Å²) in [5, 5.41) is 0. The number of alkyl halides is 1. The maximum atomic E-state index is 6.04. The standard InChI is InChI=1S/C8H11ClN2/c1-6-4-7(8(2,3)9)11-5-10-6/h4-5H,1-3H3. The van der Waals surface area contributed by atoms with E-state index in [0.29, 0.717) is 0 Å². The summed E-state index contributed by atoms with van der Waals surface area (Å²) in [6, 6.07) is 1.90. The van der Waals surface area contributed by atoms with Crippen molar-refractivity contribution in [2.24, 2.45) is 0 Å². The predicted octanol–water partition coefficient (Wildman–Crippen LogP) is 2.26. The van der Waals surface area contributed by atoms with Crippen molar-refractivity contribution >= 4 is 11.6 Å². The summed E-state index contributed by atoms with van der Waals surface area (Å²) >= 11 is 6.04. The van der Waals surface area contributed by atoms with Gasteiger partial charge in [-0.3, -0.25) is 0 Å². The first kappa shape index (κ1) is 8.47. The Morgan fingerprint density at radius 1 is 1.36 bits per heavy atom. The van der Waals surface area contributed by atoms with Gasteiger partial charge in [-0.1, -0.05) is 0 Å². The van der Waals surface area contributed by atoms with Crippen LogP contribution in [0, 0.1) is 6.92 Å². The third-order valence-electron chi connectivity index (χ3n) is 1.41. The lowest BCUT2D eigenvalue weighted by molar-refractivity contribution is 0.723. The molecule has 11 heavy (non-hydrogen) atoms. The van der Waals surface area contributed by atoms with Gasteiger partial charge < -0.3 is 0 Å². The van der Waals surface area contributed by atoms with Crippen LogP contribution in [-0.2, 0) is 4.87 Å². The summed E-state index contributed by atoms with van der Waals surface area (Å²) in [4.78, 5) is 7.66. The fourth-order valence-corrected chi connectivity index (χ4v) is 0.883. The lowest BCUT2D eigenvalue weighted by Crippen LogP contribution is -2.10. The molecule has 0 saturated carbocycles. The minimum atomic E-state index is -0.395. The molecular formula is C8H11ClN2. The molecule has 0 unspecified atom stereocenters. The quantitative estimate of drug-likeness (QED) is 0.605. The Morgan fingerprint density at radius 2 is 2.00 bits per heavy atom. The molecule has 2 nitrogen and oxygen atoms in total. The van der Waals surface area contributed by atoms with Crippen molar-refractivity contribution in [1.82, 2.24) is 9.97 Å².